The van der Waals surface area contributed by atoms with Crippen LogP contribution in [-0.4, -0.2) is 11.7 Å². The van der Waals surface area contributed by atoms with E-state index in [1.165, 1.54) is 11.1 Å². The Kier molecular flexibility index (Phi) is 4.82. The lowest BCUT2D eigenvalue weighted by molar-refractivity contribution is 0.292. The highest BCUT2D eigenvalue weighted by Gasteiger charge is 2.19. The lowest BCUT2D eigenvalue weighted by Crippen LogP contribution is -2.12. The minimum absolute atomic E-state index is 0.0667. The van der Waals surface area contributed by atoms with Crippen LogP contribution in [0.5, 0.6) is 11.5 Å². The first-order chi connectivity index (χ1) is 14.8. The average molecular weight is 390 g/mol. The Balaban J connectivity index is 1.60. The molecule has 0 atom stereocenters. The highest BCUT2D eigenvalue weighted by molar-refractivity contribution is 6.13. The fourth-order valence-electron chi connectivity index (χ4n) is 4.16. The van der Waals surface area contributed by atoms with Gasteiger partial charge in [-0.1, -0.05) is 109 Å². The SMILES string of the molecule is Oc1c(OCC(c2ccccc2)c2ccccc2)c2ccccc2c2ccccc12. The molecular formula is C28H22O2. The zero-order valence-electron chi connectivity index (χ0n) is 16.5. The zero-order valence-corrected chi connectivity index (χ0v) is 16.5. The normalized spacial score (nSPS) is 11.2. The highest BCUT2D eigenvalue weighted by atomic mass is 16.5. The summed E-state index contributed by atoms with van der Waals surface area (Å²) in [7, 11) is 0. The van der Waals surface area contributed by atoms with Crippen LogP contribution in [0.25, 0.3) is 21.5 Å². The van der Waals surface area contributed by atoms with Crippen molar-refractivity contribution in [3.8, 4) is 11.5 Å². The van der Waals surface area contributed by atoms with Crippen LogP contribution in [0.4, 0.5) is 0 Å². The topological polar surface area (TPSA) is 29.5 Å². The van der Waals surface area contributed by atoms with E-state index >= 15 is 0 Å². The fraction of sp³-hybridized carbons (Fsp3) is 0.0714. The second kappa shape index (κ2) is 7.92. The molecule has 30 heavy (non-hydrogen) atoms. The molecule has 0 heterocycles. The number of aromatic hydroxyl groups is 1. The molecule has 0 bridgehead atoms. The van der Waals surface area contributed by atoms with Crippen LogP contribution < -0.4 is 4.74 Å². The Morgan fingerprint density at radius 1 is 0.533 bits per heavy atom. The molecule has 0 aliphatic heterocycles. The van der Waals surface area contributed by atoms with E-state index < -0.39 is 0 Å². The van der Waals surface area contributed by atoms with Gasteiger partial charge in [0.25, 0.3) is 0 Å². The largest absolute Gasteiger partial charge is 0.504 e. The number of hydrogen-bond donors (Lipinski definition) is 1. The highest BCUT2D eigenvalue weighted by Crippen LogP contribution is 2.43. The van der Waals surface area contributed by atoms with E-state index in [0.29, 0.717) is 12.4 Å². The molecule has 0 aromatic heterocycles. The third-order valence-corrected chi connectivity index (χ3v) is 5.66. The minimum Gasteiger partial charge on any atom is -0.504 e. The summed E-state index contributed by atoms with van der Waals surface area (Å²) in [5, 5.41) is 14.9. The number of fused-ring (bicyclic) bond motifs is 3. The van der Waals surface area contributed by atoms with E-state index in [9.17, 15) is 5.11 Å². The third kappa shape index (κ3) is 3.27. The molecule has 5 aromatic carbocycles. The second-order valence-electron chi connectivity index (χ2n) is 7.45. The summed E-state index contributed by atoms with van der Waals surface area (Å²) >= 11 is 0. The maximum Gasteiger partial charge on any atom is 0.169 e. The van der Waals surface area contributed by atoms with Gasteiger partial charge >= 0.3 is 0 Å². The van der Waals surface area contributed by atoms with Crippen molar-refractivity contribution in [2.24, 2.45) is 0 Å². The molecular weight excluding hydrogens is 368 g/mol. The summed E-state index contributed by atoms with van der Waals surface area (Å²) in [6, 6.07) is 36.8. The molecule has 2 heteroatoms. The molecule has 0 saturated carbocycles. The molecule has 0 aliphatic rings. The Morgan fingerprint density at radius 2 is 0.967 bits per heavy atom. The molecule has 1 N–H and O–H groups in total. The van der Waals surface area contributed by atoms with Crippen LogP contribution in [0.2, 0.25) is 0 Å². The minimum atomic E-state index is 0.0667. The van der Waals surface area contributed by atoms with Gasteiger partial charge in [-0.05, 0) is 21.9 Å². The fourth-order valence-corrected chi connectivity index (χ4v) is 4.16. The van der Waals surface area contributed by atoms with E-state index in [0.717, 1.165) is 21.5 Å². The Morgan fingerprint density at radius 3 is 1.53 bits per heavy atom. The number of phenols is 1. The molecule has 0 unspecified atom stereocenters. The number of rotatable bonds is 5. The van der Waals surface area contributed by atoms with Crippen LogP contribution in [0.1, 0.15) is 17.0 Å². The predicted octanol–water partition coefficient (Wildman–Crippen LogP) is 6.91. The van der Waals surface area contributed by atoms with Crippen LogP contribution >= 0.6 is 0 Å². The number of benzene rings is 5. The van der Waals surface area contributed by atoms with Gasteiger partial charge in [0.1, 0.15) is 0 Å². The molecule has 5 aromatic rings. The van der Waals surface area contributed by atoms with Gasteiger partial charge in [0.2, 0.25) is 0 Å². The zero-order chi connectivity index (χ0) is 20.3. The van der Waals surface area contributed by atoms with Crippen molar-refractivity contribution < 1.29 is 9.84 Å². The van der Waals surface area contributed by atoms with Crippen molar-refractivity contribution in [3.63, 3.8) is 0 Å². The van der Waals surface area contributed by atoms with E-state index in [1.807, 2.05) is 78.9 Å². The van der Waals surface area contributed by atoms with E-state index in [4.69, 9.17) is 4.74 Å². The first kappa shape index (κ1) is 18.3. The molecule has 5 rings (SSSR count). The monoisotopic (exact) mass is 390 g/mol. The van der Waals surface area contributed by atoms with Gasteiger partial charge in [0, 0.05) is 16.7 Å². The molecule has 0 aliphatic carbocycles. The molecule has 0 spiro atoms. The third-order valence-electron chi connectivity index (χ3n) is 5.66. The van der Waals surface area contributed by atoms with Gasteiger partial charge in [-0.3, -0.25) is 0 Å². The summed E-state index contributed by atoms with van der Waals surface area (Å²) in [4.78, 5) is 0. The number of ether oxygens (including phenoxy) is 1. The summed E-state index contributed by atoms with van der Waals surface area (Å²) in [5.41, 5.74) is 2.38. The maximum absolute atomic E-state index is 11.1. The van der Waals surface area contributed by atoms with E-state index in [-0.39, 0.29) is 11.7 Å². The van der Waals surface area contributed by atoms with Crippen molar-refractivity contribution in [3.05, 3.63) is 120 Å². The first-order valence-electron chi connectivity index (χ1n) is 10.2. The Labute approximate surface area is 176 Å². The van der Waals surface area contributed by atoms with Gasteiger partial charge in [-0.25, -0.2) is 0 Å². The van der Waals surface area contributed by atoms with E-state index in [1.54, 1.807) is 0 Å². The predicted molar refractivity (Wildman–Crippen MR) is 123 cm³/mol. The van der Waals surface area contributed by atoms with Crippen molar-refractivity contribution in [1.29, 1.82) is 0 Å². The van der Waals surface area contributed by atoms with Gasteiger partial charge in [0.05, 0.1) is 6.61 Å². The lowest BCUT2D eigenvalue weighted by Gasteiger charge is -2.21. The van der Waals surface area contributed by atoms with Crippen LogP contribution in [0, 0.1) is 0 Å². The quantitative estimate of drug-likeness (QED) is 0.330. The number of hydrogen-bond acceptors (Lipinski definition) is 2. The van der Waals surface area contributed by atoms with Crippen molar-refractivity contribution in [2.45, 2.75) is 5.92 Å². The van der Waals surface area contributed by atoms with Crippen LogP contribution in [0.3, 0.4) is 0 Å². The maximum atomic E-state index is 11.1. The van der Waals surface area contributed by atoms with Gasteiger partial charge in [-0.15, -0.1) is 0 Å². The standard InChI is InChI=1S/C28H22O2/c29-27-24-17-9-7-15-22(24)23-16-8-10-18-25(23)28(27)30-19-26(20-11-3-1-4-12-20)21-13-5-2-6-14-21/h1-18,26,29H,19H2. The summed E-state index contributed by atoms with van der Waals surface area (Å²) < 4.78 is 6.38. The van der Waals surface area contributed by atoms with Crippen LogP contribution in [0.15, 0.2) is 109 Å². The lowest BCUT2D eigenvalue weighted by atomic mass is 9.92. The Hall–Kier alpha value is -3.78. The van der Waals surface area contributed by atoms with Crippen LogP contribution in [-0.2, 0) is 0 Å². The Bertz CT molecular complexity index is 1250. The number of phenolic OH excluding ortho intramolecular Hbond substituents is 1. The van der Waals surface area contributed by atoms with E-state index in [2.05, 4.69) is 30.3 Å². The summed E-state index contributed by atoms with van der Waals surface area (Å²) in [6.07, 6.45) is 0. The van der Waals surface area contributed by atoms with Gasteiger partial charge in [0.15, 0.2) is 11.5 Å². The second-order valence-corrected chi connectivity index (χ2v) is 7.45. The molecule has 2 nitrogen and oxygen atoms in total. The molecule has 146 valence electrons. The average Bonchev–Trinajstić information content (AvgIpc) is 2.82. The molecule has 0 fully saturated rings. The molecule has 0 radical (unpaired) electrons. The summed E-state index contributed by atoms with van der Waals surface area (Å²) in [5.74, 6) is 0.808. The smallest absolute Gasteiger partial charge is 0.169 e. The van der Waals surface area contributed by atoms with Crippen molar-refractivity contribution in [1.82, 2.24) is 0 Å². The van der Waals surface area contributed by atoms with Gasteiger partial charge < -0.3 is 9.84 Å². The molecule has 0 saturated heterocycles. The van der Waals surface area contributed by atoms with Crippen molar-refractivity contribution >= 4 is 21.5 Å². The summed E-state index contributed by atoms with van der Waals surface area (Å²) in [6.45, 7) is 0.434. The molecule has 0 amide bonds. The van der Waals surface area contributed by atoms with Gasteiger partial charge in [-0.2, -0.15) is 0 Å². The van der Waals surface area contributed by atoms with Crippen molar-refractivity contribution in [2.75, 3.05) is 6.61 Å². The first-order valence-corrected chi connectivity index (χ1v) is 10.2.